The topological polar surface area (TPSA) is 69.4 Å². The molecule has 0 aromatic heterocycles. The lowest BCUT2D eigenvalue weighted by Gasteiger charge is -2.19. The smallest absolute Gasteiger partial charge is 0.219 e. The molecular formula is C26H31NO3. The second kappa shape index (κ2) is 11.1. The van der Waals surface area contributed by atoms with Crippen LogP contribution in [0.5, 0.6) is 5.75 Å². The van der Waals surface area contributed by atoms with Crippen LogP contribution in [0.4, 0.5) is 0 Å². The number of rotatable bonds is 7. The molecule has 2 N–H and O–H groups in total. The van der Waals surface area contributed by atoms with E-state index >= 15 is 0 Å². The van der Waals surface area contributed by atoms with Gasteiger partial charge in [-0.3, -0.25) is 9.59 Å². The summed E-state index contributed by atoms with van der Waals surface area (Å²) in [5, 5.41) is 2.09. The van der Waals surface area contributed by atoms with E-state index in [1.54, 1.807) is 20.8 Å². The Bertz CT molecular complexity index is 980. The monoisotopic (exact) mass is 405 g/mol. The van der Waals surface area contributed by atoms with Crippen LogP contribution in [-0.2, 0) is 11.2 Å². The standard InChI is InChI=1S/C22H22O2.C4H9NO/c1-16(12-13-18-8-4-3-5-9-18)24-22-20(17(2)23)15-14-19-10-6-7-11-21(19)22;1-3(2)4(5)6/h3-11,14-16H,12-13H2,1-2H3;3H,1-2H3,(H2,5,6). The van der Waals surface area contributed by atoms with E-state index in [-0.39, 0.29) is 23.7 Å². The van der Waals surface area contributed by atoms with Crippen molar-refractivity contribution in [3.05, 3.63) is 77.9 Å². The van der Waals surface area contributed by atoms with Crippen molar-refractivity contribution in [2.24, 2.45) is 11.7 Å². The number of fused-ring (bicyclic) bond motifs is 1. The fourth-order valence-electron chi connectivity index (χ4n) is 2.92. The molecule has 3 rings (SSSR count). The van der Waals surface area contributed by atoms with Gasteiger partial charge in [0, 0.05) is 11.3 Å². The van der Waals surface area contributed by atoms with Crippen LogP contribution >= 0.6 is 0 Å². The maximum Gasteiger partial charge on any atom is 0.219 e. The summed E-state index contributed by atoms with van der Waals surface area (Å²) in [7, 11) is 0. The minimum Gasteiger partial charge on any atom is -0.489 e. The van der Waals surface area contributed by atoms with Gasteiger partial charge < -0.3 is 10.5 Å². The number of carbonyl (C=O) groups is 2. The second-order valence-corrected chi connectivity index (χ2v) is 7.73. The van der Waals surface area contributed by atoms with E-state index in [0.29, 0.717) is 11.3 Å². The van der Waals surface area contributed by atoms with Crippen molar-refractivity contribution < 1.29 is 14.3 Å². The molecule has 0 saturated heterocycles. The number of aryl methyl sites for hydroxylation is 1. The summed E-state index contributed by atoms with van der Waals surface area (Å²) >= 11 is 0. The molecule has 0 aliphatic rings. The van der Waals surface area contributed by atoms with Crippen LogP contribution in [0.25, 0.3) is 10.8 Å². The first-order valence-electron chi connectivity index (χ1n) is 10.3. The van der Waals surface area contributed by atoms with Gasteiger partial charge in [0.1, 0.15) is 5.75 Å². The number of ether oxygens (including phenoxy) is 1. The molecule has 3 aromatic carbocycles. The molecule has 0 fully saturated rings. The van der Waals surface area contributed by atoms with Crippen LogP contribution in [-0.4, -0.2) is 17.8 Å². The van der Waals surface area contributed by atoms with Crippen molar-refractivity contribution in [3.8, 4) is 5.75 Å². The molecule has 1 atom stereocenters. The van der Waals surface area contributed by atoms with Gasteiger partial charge in [-0.1, -0.05) is 74.5 Å². The summed E-state index contributed by atoms with van der Waals surface area (Å²) in [6.45, 7) is 7.19. The fraction of sp³-hybridized carbons (Fsp3) is 0.308. The number of hydrogen-bond donors (Lipinski definition) is 1. The number of hydrogen-bond acceptors (Lipinski definition) is 3. The van der Waals surface area contributed by atoms with Gasteiger partial charge in [-0.15, -0.1) is 0 Å². The van der Waals surface area contributed by atoms with Gasteiger partial charge in [0.25, 0.3) is 0 Å². The van der Waals surface area contributed by atoms with E-state index in [2.05, 4.69) is 31.2 Å². The number of nitrogens with two attached hydrogens (primary N) is 1. The predicted octanol–water partition coefficient (Wildman–Crippen LogP) is 5.57. The maximum atomic E-state index is 12.0. The lowest BCUT2D eigenvalue weighted by molar-refractivity contribution is -0.120. The van der Waals surface area contributed by atoms with Crippen molar-refractivity contribution in [2.75, 3.05) is 0 Å². The van der Waals surface area contributed by atoms with Gasteiger partial charge in [-0.2, -0.15) is 0 Å². The quantitative estimate of drug-likeness (QED) is 0.522. The Labute approximate surface area is 179 Å². The number of amides is 1. The zero-order valence-electron chi connectivity index (χ0n) is 18.2. The third-order valence-corrected chi connectivity index (χ3v) is 4.83. The minimum absolute atomic E-state index is 0.00926. The largest absolute Gasteiger partial charge is 0.489 e. The molecule has 0 aliphatic heterocycles. The zero-order chi connectivity index (χ0) is 22.1. The molecule has 1 amide bonds. The average molecular weight is 406 g/mol. The molecule has 0 radical (unpaired) electrons. The van der Waals surface area contributed by atoms with Gasteiger partial charge in [0.15, 0.2) is 5.78 Å². The Hall–Kier alpha value is -3.14. The molecule has 0 saturated carbocycles. The van der Waals surface area contributed by atoms with Crippen LogP contribution in [0.15, 0.2) is 66.7 Å². The highest BCUT2D eigenvalue weighted by atomic mass is 16.5. The molecule has 1 unspecified atom stereocenters. The summed E-state index contributed by atoms with van der Waals surface area (Å²) in [6, 6.07) is 22.3. The van der Waals surface area contributed by atoms with Crippen LogP contribution in [0.2, 0.25) is 0 Å². The summed E-state index contributed by atoms with van der Waals surface area (Å²) in [6.07, 6.45) is 1.90. The number of ketones is 1. The molecule has 0 heterocycles. The summed E-state index contributed by atoms with van der Waals surface area (Å²) in [4.78, 5) is 21.9. The Morgan fingerprint density at radius 3 is 2.10 bits per heavy atom. The van der Waals surface area contributed by atoms with Gasteiger partial charge in [-0.25, -0.2) is 0 Å². The van der Waals surface area contributed by atoms with Crippen LogP contribution < -0.4 is 10.5 Å². The average Bonchev–Trinajstić information content (AvgIpc) is 2.73. The lowest BCUT2D eigenvalue weighted by atomic mass is 10.0. The highest BCUT2D eigenvalue weighted by molar-refractivity contribution is 6.03. The SMILES string of the molecule is CC(=O)c1ccc2ccccc2c1OC(C)CCc1ccccc1.CC(C)C(N)=O. The van der Waals surface area contributed by atoms with Crippen LogP contribution in [0.1, 0.15) is 50.0 Å². The van der Waals surface area contributed by atoms with Crippen molar-refractivity contribution in [2.45, 2.75) is 46.6 Å². The molecule has 158 valence electrons. The number of carbonyl (C=O) groups excluding carboxylic acids is 2. The summed E-state index contributed by atoms with van der Waals surface area (Å²) in [5.74, 6) is 0.493. The Kier molecular flexibility index (Phi) is 8.60. The van der Waals surface area contributed by atoms with E-state index in [4.69, 9.17) is 10.5 Å². The lowest BCUT2D eigenvalue weighted by Crippen LogP contribution is -2.17. The van der Waals surface area contributed by atoms with E-state index < -0.39 is 0 Å². The Morgan fingerprint density at radius 1 is 0.900 bits per heavy atom. The van der Waals surface area contributed by atoms with Crippen LogP contribution in [0.3, 0.4) is 0 Å². The second-order valence-electron chi connectivity index (χ2n) is 7.73. The number of Topliss-reactive ketones (excluding diaryl/α,β-unsaturated/α-hetero) is 1. The normalized spacial score (nSPS) is 11.5. The first-order chi connectivity index (χ1) is 14.3. The van der Waals surface area contributed by atoms with Crippen LogP contribution in [0, 0.1) is 5.92 Å². The molecule has 0 spiro atoms. The summed E-state index contributed by atoms with van der Waals surface area (Å²) < 4.78 is 6.22. The highest BCUT2D eigenvalue weighted by Crippen LogP contribution is 2.31. The van der Waals surface area contributed by atoms with E-state index in [1.807, 2.05) is 42.5 Å². The minimum atomic E-state index is -0.241. The van der Waals surface area contributed by atoms with Gasteiger partial charge in [0.2, 0.25) is 5.91 Å². The highest BCUT2D eigenvalue weighted by Gasteiger charge is 2.15. The fourth-order valence-corrected chi connectivity index (χ4v) is 2.92. The molecule has 0 bridgehead atoms. The zero-order valence-corrected chi connectivity index (χ0v) is 18.2. The first kappa shape index (κ1) is 23.1. The van der Waals surface area contributed by atoms with E-state index in [9.17, 15) is 9.59 Å². The summed E-state index contributed by atoms with van der Waals surface area (Å²) in [5.41, 5.74) is 6.75. The predicted molar refractivity (Wildman–Crippen MR) is 123 cm³/mol. The molecular weight excluding hydrogens is 374 g/mol. The van der Waals surface area contributed by atoms with Gasteiger partial charge in [0.05, 0.1) is 11.7 Å². The third-order valence-electron chi connectivity index (χ3n) is 4.83. The van der Waals surface area contributed by atoms with Crippen molar-refractivity contribution in [3.63, 3.8) is 0 Å². The molecule has 4 nitrogen and oxygen atoms in total. The van der Waals surface area contributed by atoms with E-state index in [1.165, 1.54) is 5.56 Å². The number of primary amides is 1. The molecule has 0 aliphatic carbocycles. The molecule has 30 heavy (non-hydrogen) atoms. The van der Waals surface area contributed by atoms with Crippen molar-refractivity contribution in [1.82, 2.24) is 0 Å². The maximum absolute atomic E-state index is 12.0. The molecule has 3 aromatic rings. The third kappa shape index (κ3) is 6.73. The molecule has 4 heteroatoms. The number of benzene rings is 3. The van der Waals surface area contributed by atoms with E-state index in [0.717, 1.165) is 23.6 Å². The van der Waals surface area contributed by atoms with Gasteiger partial charge in [-0.05, 0) is 43.7 Å². The first-order valence-corrected chi connectivity index (χ1v) is 10.3. The van der Waals surface area contributed by atoms with Gasteiger partial charge >= 0.3 is 0 Å². The van der Waals surface area contributed by atoms with Crippen molar-refractivity contribution >= 4 is 22.5 Å². The Morgan fingerprint density at radius 2 is 1.50 bits per heavy atom. The Balaban J connectivity index is 0.000000469. The van der Waals surface area contributed by atoms with Crippen molar-refractivity contribution in [1.29, 1.82) is 0 Å².